The largest absolute Gasteiger partial charge is 0.493 e. The van der Waals surface area contributed by atoms with E-state index < -0.39 is 0 Å². The Morgan fingerprint density at radius 2 is 2.00 bits per heavy atom. The molecule has 0 saturated heterocycles. The number of likely N-dealkylation sites (N-methyl/N-ethyl adjacent to an activating group) is 1. The van der Waals surface area contributed by atoms with E-state index in [1.807, 2.05) is 0 Å². The summed E-state index contributed by atoms with van der Waals surface area (Å²) in [6.45, 7) is 3.10. The minimum Gasteiger partial charge on any atom is -0.493 e. The Kier molecular flexibility index (Phi) is 5.71. The van der Waals surface area contributed by atoms with Gasteiger partial charge < -0.3 is 10.1 Å². The summed E-state index contributed by atoms with van der Waals surface area (Å²) in [6, 6.07) is 9.03. The zero-order valence-electron chi connectivity index (χ0n) is 12.3. The molecule has 0 aromatic heterocycles. The SMILES string of the molecule is CCCCCCCC(NC)C1COc2ccccc21. The number of benzene rings is 1. The molecule has 0 saturated carbocycles. The van der Waals surface area contributed by atoms with Crippen LogP contribution in [0.15, 0.2) is 24.3 Å². The van der Waals surface area contributed by atoms with Crippen LogP contribution in [0.2, 0.25) is 0 Å². The summed E-state index contributed by atoms with van der Waals surface area (Å²) >= 11 is 0. The maximum Gasteiger partial charge on any atom is 0.122 e. The van der Waals surface area contributed by atoms with Gasteiger partial charge in [-0.15, -0.1) is 0 Å². The molecule has 2 atom stereocenters. The van der Waals surface area contributed by atoms with Gasteiger partial charge in [0.25, 0.3) is 0 Å². The van der Waals surface area contributed by atoms with Crippen LogP contribution in [0.25, 0.3) is 0 Å². The second-order valence-electron chi connectivity index (χ2n) is 5.55. The van der Waals surface area contributed by atoms with Crippen molar-refractivity contribution in [1.29, 1.82) is 0 Å². The van der Waals surface area contributed by atoms with Gasteiger partial charge in [0.1, 0.15) is 5.75 Å². The van der Waals surface area contributed by atoms with Crippen molar-refractivity contribution in [3.8, 4) is 5.75 Å². The molecule has 1 heterocycles. The topological polar surface area (TPSA) is 21.3 Å². The molecule has 2 unspecified atom stereocenters. The molecule has 1 aliphatic rings. The van der Waals surface area contributed by atoms with Gasteiger partial charge in [-0.25, -0.2) is 0 Å². The lowest BCUT2D eigenvalue weighted by Gasteiger charge is -2.22. The van der Waals surface area contributed by atoms with Gasteiger partial charge in [0.15, 0.2) is 0 Å². The van der Waals surface area contributed by atoms with Crippen LogP contribution in [0, 0.1) is 0 Å². The lowest BCUT2D eigenvalue weighted by molar-refractivity contribution is 0.294. The molecule has 1 aromatic carbocycles. The molecule has 0 radical (unpaired) electrons. The fourth-order valence-electron chi connectivity index (χ4n) is 3.04. The van der Waals surface area contributed by atoms with Crippen LogP contribution in [0.1, 0.15) is 56.9 Å². The number of unbranched alkanes of at least 4 members (excludes halogenated alkanes) is 4. The fraction of sp³-hybridized carbons (Fsp3) is 0.647. The Morgan fingerprint density at radius 3 is 2.79 bits per heavy atom. The van der Waals surface area contributed by atoms with Crippen molar-refractivity contribution in [2.75, 3.05) is 13.7 Å². The Hall–Kier alpha value is -1.02. The molecule has 0 spiro atoms. The van der Waals surface area contributed by atoms with Crippen LogP contribution in [-0.2, 0) is 0 Å². The van der Waals surface area contributed by atoms with E-state index in [9.17, 15) is 0 Å². The number of hydrogen-bond acceptors (Lipinski definition) is 2. The van der Waals surface area contributed by atoms with E-state index in [0.29, 0.717) is 12.0 Å². The molecule has 2 heteroatoms. The van der Waals surface area contributed by atoms with Crippen LogP contribution < -0.4 is 10.1 Å². The van der Waals surface area contributed by atoms with E-state index in [0.717, 1.165) is 12.4 Å². The van der Waals surface area contributed by atoms with Gasteiger partial charge in [0.05, 0.1) is 6.61 Å². The number of fused-ring (bicyclic) bond motifs is 1. The third kappa shape index (κ3) is 3.73. The van der Waals surface area contributed by atoms with E-state index in [-0.39, 0.29) is 0 Å². The highest BCUT2D eigenvalue weighted by molar-refractivity contribution is 5.40. The molecule has 2 nitrogen and oxygen atoms in total. The average Bonchev–Trinajstić information content (AvgIpc) is 2.87. The van der Waals surface area contributed by atoms with Gasteiger partial charge >= 0.3 is 0 Å². The average molecular weight is 261 g/mol. The van der Waals surface area contributed by atoms with E-state index in [2.05, 4.69) is 43.6 Å². The summed E-state index contributed by atoms with van der Waals surface area (Å²) in [4.78, 5) is 0. The summed E-state index contributed by atoms with van der Waals surface area (Å²) in [5.74, 6) is 1.60. The summed E-state index contributed by atoms with van der Waals surface area (Å²) in [5.41, 5.74) is 1.38. The Labute approximate surface area is 117 Å². The third-order valence-electron chi connectivity index (χ3n) is 4.21. The predicted octanol–water partition coefficient (Wildman–Crippen LogP) is 4.11. The molecule has 0 bridgehead atoms. The number of para-hydroxylation sites is 1. The number of hydrogen-bond donors (Lipinski definition) is 1. The van der Waals surface area contributed by atoms with Crippen molar-refractivity contribution < 1.29 is 4.74 Å². The first-order valence-corrected chi connectivity index (χ1v) is 7.75. The normalized spacial score (nSPS) is 18.9. The quantitative estimate of drug-likeness (QED) is 0.711. The molecule has 0 aliphatic carbocycles. The molecule has 0 fully saturated rings. The summed E-state index contributed by atoms with van der Waals surface area (Å²) < 4.78 is 5.80. The second kappa shape index (κ2) is 7.54. The Bertz CT molecular complexity index is 377. The van der Waals surface area contributed by atoms with Crippen LogP contribution in [0.5, 0.6) is 5.75 Å². The second-order valence-corrected chi connectivity index (χ2v) is 5.55. The lowest BCUT2D eigenvalue weighted by atomic mass is 9.90. The molecular formula is C17H27NO. The first kappa shape index (κ1) is 14.4. The molecule has 0 amide bonds. The van der Waals surface area contributed by atoms with Gasteiger partial charge in [0, 0.05) is 17.5 Å². The summed E-state index contributed by atoms with van der Waals surface area (Å²) in [6.07, 6.45) is 8.01. The molecule has 106 valence electrons. The van der Waals surface area contributed by atoms with Crippen molar-refractivity contribution in [3.05, 3.63) is 29.8 Å². The van der Waals surface area contributed by atoms with Crippen LogP contribution in [-0.4, -0.2) is 19.7 Å². The smallest absolute Gasteiger partial charge is 0.122 e. The molecule has 2 rings (SSSR count). The minimum atomic E-state index is 0.521. The fourth-order valence-corrected chi connectivity index (χ4v) is 3.04. The first-order chi connectivity index (χ1) is 9.36. The number of rotatable bonds is 8. The molecule has 1 N–H and O–H groups in total. The van der Waals surface area contributed by atoms with E-state index in [1.165, 1.54) is 44.1 Å². The summed E-state index contributed by atoms with van der Waals surface area (Å²) in [7, 11) is 2.08. The molecular weight excluding hydrogens is 234 g/mol. The van der Waals surface area contributed by atoms with Gasteiger partial charge in [-0.3, -0.25) is 0 Å². The van der Waals surface area contributed by atoms with Gasteiger partial charge in [0.2, 0.25) is 0 Å². The lowest BCUT2D eigenvalue weighted by Crippen LogP contribution is -2.33. The first-order valence-electron chi connectivity index (χ1n) is 7.75. The van der Waals surface area contributed by atoms with E-state index in [4.69, 9.17) is 4.74 Å². The van der Waals surface area contributed by atoms with Crippen molar-refractivity contribution >= 4 is 0 Å². The van der Waals surface area contributed by atoms with E-state index >= 15 is 0 Å². The highest BCUT2D eigenvalue weighted by atomic mass is 16.5. The molecule has 19 heavy (non-hydrogen) atoms. The molecule has 1 aromatic rings. The van der Waals surface area contributed by atoms with Crippen molar-refractivity contribution in [3.63, 3.8) is 0 Å². The Morgan fingerprint density at radius 1 is 1.21 bits per heavy atom. The van der Waals surface area contributed by atoms with Gasteiger partial charge in [-0.05, 0) is 19.5 Å². The van der Waals surface area contributed by atoms with Crippen molar-refractivity contribution in [2.45, 2.75) is 57.4 Å². The Balaban J connectivity index is 1.85. The number of nitrogens with one attached hydrogen (secondary N) is 1. The van der Waals surface area contributed by atoms with Crippen LogP contribution >= 0.6 is 0 Å². The minimum absolute atomic E-state index is 0.521. The zero-order valence-corrected chi connectivity index (χ0v) is 12.3. The monoisotopic (exact) mass is 261 g/mol. The maximum absolute atomic E-state index is 5.80. The highest BCUT2D eigenvalue weighted by Crippen LogP contribution is 2.36. The van der Waals surface area contributed by atoms with E-state index in [1.54, 1.807) is 0 Å². The predicted molar refractivity (Wildman–Crippen MR) is 80.9 cm³/mol. The van der Waals surface area contributed by atoms with Gasteiger partial charge in [-0.2, -0.15) is 0 Å². The van der Waals surface area contributed by atoms with Gasteiger partial charge in [-0.1, -0.05) is 57.2 Å². The zero-order chi connectivity index (χ0) is 13.5. The maximum atomic E-state index is 5.80. The highest BCUT2D eigenvalue weighted by Gasteiger charge is 2.29. The standard InChI is InChI=1S/C17H27NO/c1-3-4-5-6-7-11-16(18-2)15-13-19-17-12-9-8-10-14(15)17/h8-10,12,15-16,18H,3-7,11,13H2,1-2H3. The number of ether oxygens (including phenoxy) is 1. The third-order valence-corrected chi connectivity index (χ3v) is 4.21. The van der Waals surface area contributed by atoms with Crippen LogP contribution in [0.3, 0.4) is 0 Å². The molecule has 1 aliphatic heterocycles. The van der Waals surface area contributed by atoms with Crippen molar-refractivity contribution in [2.24, 2.45) is 0 Å². The summed E-state index contributed by atoms with van der Waals surface area (Å²) in [5, 5.41) is 3.50. The van der Waals surface area contributed by atoms with Crippen molar-refractivity contribution in [1.82, 2.24) is 5.32 Å². The van der Waals surface area contributed by atoms with Crippen LogP contribution in [0.4, 0.5) is 0 Å².